The van der Waals surface area contributed by atoms with Crippen LogP contribution in [0.15, 0.2) is 53.7 Å². The van der Waals surface area contributed by atoms with E-state index >= 15 is 0 Å². The summed E-state index contributed by atoms with van der Waals surface area (Å²) in [5.41, 5.74) is 2.14. The fraction of sp³-hybridized carbons (Fsp3) is 0.400. The average Bonchev–Trinajstić information content (AvgIpc) is 3.10. The maximum Gasteiger partial charge on any atom is 0.410 e. The van der Waals surface area contributed by atoms with Crippen LogP contribution in [0.2, 0.25) is 0 Å². The Balaban J connectivity index is 1.71. The minimum Gasteiger partial charge on any atom is -0.445 e. The summed E-state index contributed by atoms with van der Waals surface area (Å²) in [6.07, 6.45) is 3.53. The smallest absolute Gasteiger partial charge is 0.410 e. The normalized spacial score (nSPS) is 17.1. The van der Waals surface area contributed by atoms with E-state index < -0.39 is 0 Å². The Morgan fingerprint density at radius 1 is 1.28 bits per heavy atom. The molecular formula is C20H24N2O2S. The van der Waals surface area contributed by atoms with Crippen molar-refractivity contribution in [3.05, 3.63) is 59.8 Å². The molecule has 1 amide bonds. The molecule has 1 aliphatic heterocycles. The lowest BCUT2D eigenvalue weighted by Gasteiger charge is -2.25. The molecular weight excluding hydrogens is 332 g/mol. The lowest BCUT2D eigenvalue weighted by molar-refractivity contribution is 0.0916. The largest absolute Gasteiger partial charge is 0.445 e. The number of nitrogens with zero attached hydrogens (tertiary/aromatic N) is 2. The molecule has 5 heteroatoms. The first kappa shape index (κ1) is 17.8. The van der Waals surface area contributed by atoms with Gasteiger partial charge in [-0.15, -0.1) is 11.8 Å². The number of likely N-dealkylation sites (tertiary alicyclic amines) is 1. The Morgan fingerprint density at radius 3 is 2.84 bits per heavy atom. The molecule has 0 spiro atoms. The molecule has 0 N–H and O–H groups in total. The summed E-state index contributed by atoms with van der Waals surface area (Å²) >= 11 is 1.75. The standard InChI is InChI=1S/C20H24N2O2S/c1-15(2)25-19-17(10-6-12-21-19)18-11-7-13-22(18)20(23)24-14-16-8-4-3-5-9-16/h3-6,8-10,12,15,18H,7,11,13-14H2,1-2H3/t18-/m0/s1. The van der Waals surface area contributed by atoms with Gasteiger partial charge in [0.25, 0.3) is 0 Å². The number of thioether (sulfide) groups is 1. The van der Waals surface area contributed by atoms with Gasteiger partial charge >= 0.3 is 6.09 Å². The highest BCUT2D eigenvalue weighted by Crippen LogP contribution is 2.37. The average molecular weight is 356 g/mol. The van der Waals surface area contributed by atoms with E-state index in [1.165, 1.54) is 0 Å². The van der Waals surface area contributed by atoms with E-state index in [1.54, 1.807) is 11.8 Å². The number of carbonyl (C=O) groups is 1. The van der Waals surface area contributed by atoms with Crippen LogP contribution in [0.25, 0.3) is 0 Å². The lowest BCUT2D eigenvalue weighted by Crippen LogP contribution is -2.31. The van der Waals surface area contributed by atoms with Crippen molar-refractivity contribution in [2.24, 2.45) is 0 Å². The van der Waals surface area contributed by atoms with Gasteiger partial charge in [0, 0.05) is 23.6 Å². The molecule has 0 unspecified atom stereocenters. The Labute approximate surface area is 153 Å². The van der Waals surface area contributed by atoms with Crippen molar-refractivity contribution in [3.8, 4) is 0 Å². The van der Waals surface area contributed by atoms with Gasteiger partial charge in [-0.2, -0.15) is 0 Å². The fourth-order valence-corrected chi connectivity index (χ4v) is 4.00. The van der Waals surface area contributed by atoms with Crippen LogP contribution in [0, 0.1) is 0 Å². The van der Waals surface area contributed by atoms with Crippen molar-refractivity contribution in [2.75, 3.05) is 6.54 Å². The van der Waals surface area contributed by atoms with Gasteiger partial charge in [0.05, 0.1) is 6.04 Å². The lowest BCUT2D eigenvalue weighted by atomic mass is 10.1. The molecule has 0 saturated carbocycles. The van der Waals surface area contributed by atoms with Gasteiger partial charge in [0.2, 0.25) is 0 Å². The van der Waals surface area contributed by atoms with E-state index in [-0.39, 0.29) is 12.1 Å². The fourth-order valence-electron chi connectivity index (χ4n) is 3.09. The second-order valence-corrected chi connectivity index (χ2v) is 8.02. The SMILES string of the molecule is CC(C)Sc1ncccc1[C@@H]1CCCN1C(=O)OCc1ccccc1. The highest BCUT2D eigenvalue weighted by Gasteiger charge is 2.33. The third-order valence-corrected chi connectivity index (χ3v) is 5.24. The van der Waals surface area contributed by atoms with Crippen molar-refractivity contribution < 1.29 is 9.53 Å². The molecule has 3 rings (SSSR count). The van der Waals surface area contributed by atoms with Crippen molar-refractivity contribution >= 4 is 17.9 Å². The number of hydrogen-bond donors (Lipinski definition) is 0. The number of rotatable bonds is 5. The Hall–Kier alpha value is -2.01. The number of hydrogen-bond acceptors (Lipinski definition) is 4. The van der Waals surface area contributed by atoms with Crippen LogP contribution in [0.1, 0.15) is 43.9 Å². The summed E-state index contributed by atoms with van der Waals surface area (Å²) in [4.78, 5) is 19.0. The molecule has 1 aliphatic rings. The maximum atomic E-state index is 12.6. The Kier molecular flexibility index (Phi) is 5.97. The summed E-state index contributed by atoms with van der Waals surface area (Å²) in [7, 11) is 0. The quantitative estimate of drug-likeness (QED) is 0.703. The summed E-state index contributed by atoms with van der Waals surface area (Å²) in [5, 5.41) is 1.47. The van der Waals surface area contributed by atoms with E-state index in [9.17, 15) is 4.79 Å². The first-order valence-corrected chi connectivity index (χ1v) is 9.62. The molecule has 2 heterocycles. The molecule has 4 nitrogen and oxygen atoms in total. The zero-order valence-electron chi connectivity index (χ0n) is 14.7. The summed E-state index contributed by atoms with van der Waals surface area (Å²) in [6.45, 7) is 5.36. The van der Waals surface area contributed by atoms with Crippen molar-refractivity contribution in [1.82, 2.24) is 9.88 Å². The van der Waals surface area contributed by atoms with Crippen LogP contribution < -0.4 is 0 Å². The summed E-state index contributed by atoms with van der Waals surface area (Å²) < 4.78 is 5.54. The minimum absolute atomic E-state index is 0.0539. The molecule has 1 aromatic heterocycles. The molecule has 0 aliphatic carbocycles. The monoisotopic (exact) mass is 356 g/mol. The molecule has 2 aromatic rings. The van der Waals surface area contributed by atoms with Crippen LogP contribution in [0.4, 0.5) is 4.79 Å². The van der Waals surface area contributed by atoms with E-state index in [4.69, 9.17) is 4.74 Å². The predicted molar refractivity (Wildman–Crippen MR) is 101 cm³/mol. The van der Waals surface area contributed by atoms with Crippen LogP contribution in [-0.4, -0.2) is 27.8 Å². The number of benzene rings is 1. The minimum atomic E-state index is -0.240. The zero-order chi connectivity index (χ0) is 17.6. The highest BCUT2D eigenvalue weighted by atomic mass is 32.2. The van der Waals surface area contributed by atoms with Gasteiger partial charge in [0.15, 0.2) is 0 Å². The van der Waals surface area contributed by atoms with Crippen LogP contribution in [-0.2, 0) is 11.3 Å². The second-order valence-electron chi connectivity index (χ2n) is 6.46. The molecule has 1 fully saturated rings. The molecule has 25 heavy (non-hydrogen) atoms. The third-order valence-electron chi connectivity index (χ3n) is 4.20. The number of aromatic nitrogens is 1. The number of pyridine rings is 1. The topological polar surface area (TPSA) is 42.4 Å². The molecule has 1 aromatic carbocycles. The van der Waals surface area contributed by atoms with Gasteiger partial charge in [-0.25, -0.2) is 9.78 Å². The zero-order valence-corrected chi connectivity index (χ0v) is 15.5. The van der Waals surface area contributed by atoms with E-state index in [0.717, 1.165) is 35.5 Å². The third kappa shape index (κ3) is 4.54. The first-order valence-electron chi connectivity index (χ1n) is 8.74. The van der Waals surface area contributed by atoms with Gasteiger partial charge < -0.3 is 9.64 Å². The van der Waals surface area contributed by atoms with Crippen molar-refractivity contribution in [3.63, 3.8) is 0 Å². The Bertz CT molecular complexity index is 706. The number of amides is 1. The van der Waals surface area contributed by atoms with Crippen LogP contribution in [0.5, 0.6) is 0 Å². The van der Waals surface area contributed by atoms with Gasteiger partial charge in [-0.05, 0) is 24.5 Å². The molecule has 0 radical (unpaired) electrons. The molecule has 1 atom stereocenters. The number of ether oxygens (including phenoxy) is 1. The summed E-state index contributed by atoms with van der Waals surface area (Å²) in [5.74, 6) is 0. The molecule has 1 saturated heterocycles. The van der Waals surface area contributed by atoms with E-state index in [2.05, 4.69) is 24.9 Å². The van der Waals surface area contributed by atoms with Crippen LogP contribution in [0.3, 0.4) is 0 Å². The maximum absolute atomic E-state index is 12.6. The van der Waals surface area contributed by atoms with E-state index in [0.29, 0.717) is 11.9 Å². The van der Waals surface area contributed by atoms with Gasteiger partial charge in [-0.1, -0.05) is 50.2 Å². The predicted octanol–water partition coefficient (Wildman–Crippen LogP) is 5.06. The van der Waals surface area contributed by atoms with Crippen molar-refractivity contribution in [1.29, 1.82) is 0 Å². The Morgan fingerprint density at radius 2 is 2.08 bits per heavy atom. The summed E-state index contributed by atoms with van der Waals surface area (Å²) in [6, 6.07) is 13.9. The molecule has 0 bridgehead atoms. The van der Waals surface area contributed by atoms with E-state index in [1.807, 2.05) is 47.5 Å². The molecule has 132 valence electrons. The van der Waals surface area contributed by atoms with Gasteiger partial charge in [-0.3, -0.25) is 0 Å². The van der Waals surface area contributed by atoms with Crippen molar-refractivity contribution in [2.45, 2.75) is 49.6 Å². The second kappa shape index (κ2) is 8.39. The van der Waals surface area contributed by atoms with Gasteiger partial charge in [0.1, 0.15) is 11.6 Å². The number of carbonyl (C=O) groups excluding carboxylic acids is 1. The highest BCUT2D eigenvalue weighted by molar-refractivity contribution is 7.99. The van der Waals surface area contributed by atoms with Crippen LogP contribution >= 0.6 is 11.8 Å². The first-order chi connectivity index (χ1) is 12.1.